The molecule has 3 aromatic rings. The fourth-order valence-electron chi connectivity index (χ4n) is 2.05. The van der Waals surface area contributed by atoms with Crippen molar-refractivity contribution in [3.63, 3.8) is 0 Å². The standard InChI is InChI=1S/C18H15N5/c1-13-2-6-15(7-3-13)22-17-10-18(21-12-20-17)23-16-8-4-14(11-19)5-9-16/h2-10,12H,1H3,(H2,20,21,22,23). The van der Waals surface area contributed by atoms with E-state index in [0.29, 0.717) is 17.2 Å². The Hall–Kier alpha value is -3.39. The lowest BCUT2D eigenvalue weighted by Gasteiger charge is -2.09. The van der Waals surface area contributed by atoms with Gasteiger partial charge in [-0.25, -0.2) is 9.97 Å². The van der Waals surface area contributed by atoms with Gasteiger partial charge in [0, 0.05) is 17.4 Å². The Bertz CT molecular complexity index is 833. The van der Waals surface area contributed by atoms with E-state index in [9.17, 15) is 0 Å². The number of nitriles is 1. The molecule has 0 radical (unpaired) electrons. The van der Waals surface area contributed by atoms with Gasteiger partial charge in [-0.2, -0.15) is 5.26 Å². The highest BCUT2D eigenvalue weighted by molar-refractivity contribution is 5.63. The lowest BCUT2D eigenvalue weighted by atomic mass is 10.2. The number of hydrogen-bond donors (Lipinski definition) is 2. The van der Waals surface area contributed by atoms with Crippen LogP contribution in [0, 0.1) is 18.3 Å². The first-order valence-electron chi connectivity index (χ1n) is 7.16. The maximum atomic E-state index is 8.81. The van der Waals surface area contributed by atoms with Crippen LogP contribution >= 0.6 is 0 Å². The second-order valence-electron chi connectivity index (χ2n) is 5.09. The van der Waals surface area contributed by atoms with E-state index in [1.165, 1.54) is 11.9 Å². The van der Waals surface area contributed by atoms with Crippen LogP contribution in [-0.4, -0.2) is 9.97 Å². The van der Waals surface area contributed by atoms with Gasteiger partial charge in [0.1, 0.15) is 18.0 Å². The van der Waals surface area contributed by atoms with E-state index in [-0.39, 0.29) is 0 Å². The molecular weight excluding hydrogens is 286 g/mol. The van der Waals surface area contributed by atoms with Crippen molar-refractivity contribution in [1.82, 2.24) is 9.97 Å². The van der Waals surface area contributed by atoms with Gasteiger partial charge in [-0.15, -0.1) is 0 Å². The average Bonchev–Trinajstić information content (AvgIpc) is 2.58. The summed E-state index contributed by atoms with van der Waals surface area (Å²) in [5.41, 5.74) is 3.67. The van der Waals surface area contributed by atoms with Gasteiger partial charge in [0.15, 0.2) is 0 Å². The first-order valence-corrected chi connectivity index (χ1v) is 7.16. The van der Waals surface area contributed by atoms with E-state index in [1.54, 1.807) is 12.1 Å². The van der Waals surface area contributed by atoms with Gasteiger partial charge >= 0.3 is 0 Å². The molecule has 5 nitrogen and oxygen atoms in total. The second-order valence-corrected chi connectivity index (χ2v) is 5.09. The number of aryl methyl sites for hydroxylation is 1. The van der Waals surface area contributed by atoms with Crippen LogP contribution in [0.15, 0.2) is 60.9 Å². The zero-order valence-corrected chi connectivity index (χ0v) is 12.6. The molecular formula is C18H15N5. The Morgan fingerprint density at radius 1 is 0.826 bits per heavy atom. The molecule has 0 unspecified atom stereocenters. The van der Waals surface area contributed by atoms with Crippen LogP contribution in [0.25, 0.3) is 0 Å². The van der Waals surface area contributed by atoms with Gasteiger partial charge in [-0.05, 0) is 43.3 Å². The molecule has 0 saturated heterocycles. The quantitative estimate of drug-likeness (QED) is 0.757. The van der Waals surface area contributed by atoms with Gasteiger partial charge in [0.2, 0.25) is 0 Å². The van der Waals surface area contributed by atoms with Gasteiger partial charge in [0.25, 0.3) is 0 Å². The Balaban J connectivity index is 1.74. The van der Waals surface area contributed by atoms with Crippen LogP contribution in [0.1, 0.15) is 11.1 Å². The fourth-order valence-corrected chi connectivity index (χ4v) is 2.05. The normalized spacial score (nSPS) is 9.91. The van der Waals surface area contributed by atoms with Crippen molar-refractivity contribution in [3.05, 3.63) is 72.1 Å². The molecule has 5 heteroatoms. The van der Waals surface area contributed by atoms with Gasteiger partial charge in [-0.1, -0.05) is 17.7 Å². The molecule has 0 saturated carbocycles. The van der Waals surface area contributed by atoms with E-state index < -0.39 is 0 Å². The number of nitrogens with one attached hydrogen (secondary N) is 2. The summed E-state index contributed by atoms with van der Waals surface area (Å²) in [7, 11) is 0. The third kappa shape index (κ3) is 3.83. The molecule has 1 aromatic heterocycles. The van der Waals surface area contributed by atoms with Crippen molar-refractivity contribution in [2.75, 3.05) is 10.6 Å². The summed E-state index contributed by atoms with van der Waals surface area (Å²) in [5, 5.41) is 15.2. The topological polar surface area (TPSA) is 73.6 Å². The Morgan fingerprint density at radius 2 is 1.35 bits per heavy atom. The minimum absolute atomic E-state index is 0.625. The third-order valence-corrected chi connectivity index (χ3v) is 3.28. The molecule has 0 aliphatic heterocycles. The number of aromatic nitrogens is 2. The Morgan fingerprint density at radius 3 is 1.87 bits per heavy atom. The highest BCUT2D eigenvalue weighted by Gasteiger charge is 2.01. The predicted molar refractivity (Wildman–Crippen MR) is 90.9 cm³/mol. The zero-order valence-electron chi connectivity index (χ0n) is 12.6. The van der Waals surface area contributed by atoms with E-state index >= 15 is 0 Å². The predicted octanol–water partition coefficient (Wildman–Crippen LogP) is 4.14. The van der Waals surface area contributed by atoms with Crippen LogP contribution < -0.4 is 10.6 Å². The molecule has 2 N–H and O–H groups in total. The molecule has 112 valence electrons. The van der Waals surface area contributed by atoms with E-state index in [4.69, 9.17) is 5.26 Å². The highest BCUT2D eigenvalue weighted by atomic mass is 15.1. The van der Waals surface area contributed by atoms with Crippen LogP contribution in [0.3, 0.4) is 0 Å². The average molecular weight is 301 g/mol. The summed E-state index contributed by atoms with van der Waals surface area (Å²) in [6.45, 7) is 2.05. The highest BCUT2D eigenvalue weighted by Crippen LogP contribution is 2.19. The number of anilines is 4. The maximum absolute atomic E-state index is 8.81. The van der Waals surface area contributed by atoms with Crippen molar-refractivity contribution in [2.24, 2.45) is 0 Å². The van der Waals surface area contributed by atoms with Crippen LogP contribution in [0.2, 0.25) is 0 Å². The van der Waals surface area contributed by atoms with Crippen molar-refractivity contribution in [3.8, 4) is 6.07 Å². The molecule has 0 fully saturated rings. The van der Waals surface area contributed by atoms with Gasteiger partial charge in [-0.3, -0.25) is 0 Å². The molecule has 0 aliphatic rings. The first kappa shape index (κ1) is 14.5. The van der Waals surface area contributed by atoms with E-state index in [1.807, 2.05) is 49.4 Å². The van der Waals surface area contributed by atoms with Crippen molar-refractivity contribution < 1.29 is 0 Å². The molecule has 0 amide bonds. The molecule has 23 heavy (non-hydrogen) atoms. The molecule has 0 atom stereocenters. The summed E-state index contributed by atoms with van der Waals surface area (Å²) in [6, 6.07) is 19.2. The van der Waals surface area contributed by atoms with Gasteiger partial charge < -0.3 is 10.6 Å². The number of hydrogen-bond acceptors (Lipinski definition) is 5. The fraction of sp³-hybridized carbons (Fsp3) is 0.0556. The Kier molecular flexibility index (Phi) is 4.16. The van der Waals surface area contributed by atoms with Gasteiger partial charge in [0.05, 0.1) is 11.6 Å². The monoisotopic (exact) mass is 301 g/mol. The molecule has 0 aliphatic carbocycles. The number of benzene rings is 2. The van der Waals surface area contributed by atoms with Crippen molar-refractivity contribution in [2.45, 2.75) is 6.92 Å². The SMILES string of the molecule is Cc1ccc(Nc2cc(Nc3ccc(C#N)cc3)ncn2)cc1. The zero-order chi connectivity index (χ0) is 16.1. The minimum atomic E-state index is 0.625. The molecule has 1 heterocycles. The van der Waals surface area contributed by atoms with Crippen LogP contribution in [-0.2, 0) is 0 Å². The van der Waals surface area contributed by atoms with E-state index in [2.05, 4.69) is 26.7 Å². The minimum Gasteiger partial charge on any atom is -0.340 e. The van der Waals surface area contributed by atoms with E-state index in [0.717, 1.165) is 11.4 Å². The molecule has 0 spiro atoms. The lowest BCUT2D eigenvalue weighted by molar-refractivity contribution is 1.17. The molecule has 3 rings (SSSR count). The first-order chi connectivity index (χ1) is 11.2. The second kappa shape index (κ2) is 6.58. The maximum Gasteiger partial charge on any atom is 0.135 e. The summed E-state index contributed by atoms with van der Waals surface area (Å²) < 4.78 is 0. The number of rotatable bonds is 4. The van der Waals surface area contributed by atoms with Crippen LogP contribution in [0.5, 0.6) is 0 Å². The Labute approximate surface area is 134 Å². The summed E-state index contributed by atoms with van der Waals surface area (Å²) in [5.74, 6) is 1.39. The largest absolute Gasteiger partial charge is 0.340 e. The number of nitrogens with zero attached hydrogens (tertiary/aromatic N) is 3. The lowest BCUT2D eigenvalue weighted by Crippen LogP contribution is -1.98. The molecule has 2 aromatic carbocycles. The summed E-state index contributed by atoms with van der Waals surface area (Å²) in [6.07, 6.45) is 1.50. The summed E-state index contributed by atoms with van der Waals surface area (Å²) in [4.78, 5) is 8.43. The third-order valence-electron chi connectivity index (χ3n) is 3.28. The van der Waals surface area contributed by atoms with Crippen molar-refractivity contribution in [1.29, 1.82) is 5.26 Å². The summed E-state index contributed by atoms with van der Waals surface area (Å²) >= 11 is 0. The van der Waals surface area contributed by atoms with Crippen LogP contribution in [0.4, 0.5) is 23.0 Å². The molecule has 0 bridgehead atoms. The van der Waals surface area contributed by atoms with Crippen molar-refractivity contribution >= 4 is 23.0 Å². The smallest absolute Gasteiger partial charge is 0.135 e.